The lowest BCUT2D eigenvalue weighted by atomic mass is 9.75. The second-order valence-corrected chi connectivity index (χ2v) is 8.51. The summed E-state index contributed by atoms with van der Waals surface area (Å²) in [5, 5.41) is 26.2. The van der Waals surface area contributed by atoms with Crippen LogP contribution in [0.5, 0.6) is 0 Å². The van der Waals surface area contributed by atoms with Gasteiger partial charge in [0.25, 0.3) is 0 Å². The third kappa shape index (κ3) is 6.14. The van der Waals surface area contributed by atoms with Gasteiger partial charge in [-0.05, 0) is 44.1 Å². The Hall–Kier alpha value is -2.41. The van der Waals surface area contributed by atoms with Crippen LogP contribution in [0.2, 0.25) is 10.0 Å². The molecule has 0 aliphatic carbocycles. The second kappa shape index (κ2) is 10.2. The maximum atomic E-state index is 12.3. The van der Waals surface area contributed by atoms with E-state index in [0.717, 1.165) is 43.9 Å². The first kappa shape index (κ1) is 25.2. The molecule has 14 heteroatoms. The van der Waals surface area contributed by atoms with Gasteiger partial charge in [0.15, 0.2) is 0 Å². The summed E-state index contributed by atoms with van der Waals surface area (Å²) in [5.74, 6) is -2.68. The molecule has 4 N–H and O–H groups in total. The largest absolute Gasteiger partial charge is 0.490 e. The molecule has 1 amide bonds. The van der Waals surface area contributed by atoms with Crippen LogP contribution in [0.15, 0.2) is 24.4 Å². The Morgan fingerprint density at radius 1 is 1.27 bits per heavy atom. The number of amides is 1. The van der Waals surface area contributed by atoms with Crippen molar-refractivity contribution in [2.75, 3.05) is 19.6 Å². The van der Waals surface area contributed by atoms with Crippen LogP contribution in [0.25, 0.3) is 5.69 Å². The number of piperidine rings is 1. The lowest BCUT2D eigenvalue weighted by Crippen LogP contribution is -2.51. The molecule has 2 fully saturated rings. The van der Waals surface area contributed by atoms with E-state index in [9.17, 15) is 18.0 Å². The van der Waals surface area contributed by atoms with E-state index < -0.39 is 12.1 Å². The highest BCUT2D eigenvalue weighted by Gasteiger charge is 2.48. The van der Waals surface area contributed by atoms with Crippen LogP contribution in [0.3, 0.4) is 0 Å². The van der Waals surface area contributed by atoms with Crippen molar-refractivity contribution in [2.45, 2.75) is 31.6 Å². The first-order valence-electron chi connectivity index (χ1n) is 9.90. The summed E-state index contributed by atoms with van der Waals surface area (Å²) < 4.78 is 33.4. The van der Waals surface area contributed by atoms with Crippen molar-refractivity contribution in [2.24, 2.45) is 5.41 Å². The molecule has 1 aromatic carbocycles. The number of carboxylic acid groups (broad SMARTS) is 1. The minimum Gasteiger partial charge on any atom is -0.475 e. The average Bonchev–Trinajstić information content (AvgIpc) is 3.34. The van der Waals surface area contributed by atoms with Gasteiger partial charge in [0.2, 0.25) is 5.91 Å². The third-order valence-corrected chi connectivity index (χ3v) is 6.27. The van der Waals surface area contributed by atoms with E-state index in [1.54, 1.807) is 16.8 Å². The Morgan fingerprint density at radius 2 is 1.94 bits per heavy atom. The van der Waals surface area contributed by atoms with E-state index in [-0.39, 0.29) is 17.4 Å². The zero-order valence-electron chi connectivity index (χ0n) is 17.1. The standard InChI is InChI=1S/C17H20Cl2N6O.C2HF3O2/c18-13-2-1-12(7-14(13)19)25-9-11(23-24-25)8-21-15-16(26)22-10-17(15)3-5-20-6-4-17;3-2(4,5)1(6)7/h1-2,7,9,15,20-21H,3-6,8,10H2,(H,22,26);(H,6,7). The first-order chi connectivity index (χ1) is 15.5. The van der Waals surface area contributed by atoms with Gasteiger partial charge in [0.1, 0.15) is 0 Å². The van der Waals surface area contributed by atoms with Crippen molar-refractivity contribution in [1.29, 1.82) is 0 Å². The number of rotatable bonds is 4. The van der Waals surface area contributed by atoms with Gasteiger partial charge in [-0.1, -0.05) is 28.4 Å². The fourth-order valence-electron chi connectivity index (χ4n) is 3.78. The van der Waals surface area contributed by atoms with Crippen LogP contribution < -0.4 is 16.0 Å². The van der Waals surface area contributed by atoms with E-state index in [0.29, 0.717) is 16.6 Å². The number of aromatic nitrogens is 3. The van der Waals surface area contributed by atoms with Gasteiger partial charge in [0.05, 0.1) is 33.7 Å². The van der Waals surface area contributed by atoms with E-state index in [1.165, 1.54) is 0 Å². The molecule has 9 nitrogen and oxygen atoms in total. The summed E-state index contributed by atoms with van der Waals surface area (Å²) >= 11 is 12.0. The van der Waals surface area contributed by atoms with E-state index in [4.69, 9.17) is 33.1 Å². The SMILES string of the molecule is O=C(O)C(F)(F)F.O=C1NCC2(CCNCC2)C1NCc1cn(-c2ccc(Cl)c(Cl)c2)nn1. The van der Waals surface area contributed by atoms with Crippen molar-refractivity contribution < 1.29 is 27.9 Å². The number of carboxylic acids is 1. The van der Waals surface area contributed by atoms with Crippen LogP contribution >= 0.6 is 23.2 Å². The number of halogens is 5. The number of benzene rings is 1. The Balaban J connectivity index is 0.000000383. The Bertz CT molecular complexity index is 1010. The smallest absolute Gasteiger partial charge is 0.475 e. The molecule has 0 saturated carbocycles. The van der Waals surface area contributed by atoms with Crippen LogP contribution in [0.4, 0.5) is 13.2 Å². The monoisotopic (exact) mass is 508 g/mol. The number of hydrogen-bond acceptors (Lipinski definition) is 6. The third-order valence-electron chi connectivity index (χ3n) is 5.53. The summed E-state index contributed by atoms with van der Waals surface area (Å²) in [5.41, 5.74) is 1.54. The fourth-order valence-corrected chi connectivity index (χ4v) is 4.08. The van der Waals surface area contributed by atoms with Gasteiger partial charge >= 0.3 is 12.1 Å². The second-order valence-electron chi connectivity index (χ2n) is 7.70. The highest BCUT2D eigenvalue weighted by atomic mass is 35.5. The predicted molar refractivity (Wildman–Crippen MR) is 113 cm³/mol. The van der Waals surface area contributed by atoms with E-state index in [2.05, 4.69) is 26.3 Å². The predicted octanol–water partition coefficient (Wildman–Crippen LogP) is 2.17. The summed E-state index contributed by atoms with van der Waals surface area (Å²) in [6, 6.07) is 5.10. The minimum absolute atomic E-state index is 0.0119. The van der Waals surface area contributed by atoms with Gasteiger partial charge in [-0.3, -0.25) is 10.1 Å². The molecule has 3 heterocycles. The number of aliphatic carboxylic acids is 1. The van der Waals surface area contributed by atoms with Crippen LogP contribution in [0.1, 0.15) is 18.5 Å². The zero-order chi connectivity index (χ0) is 24.2. The Kier molecular flexibility index (Phi) is 7.83. The topological polar surface area (TPSA) is 121 Å². The fraction of sp³-hybridized carbons (Fsp3) is 0.474. The molecule has 0 bridgehead atoms. The maximum absolute atomic E-state index is 12.3. The highest BCUT2D eigenvalue weighted by Crippen LogP contribution is 2.36. The molecule has 2 aromatic rings. The molecule has 2 aliphatic rings. The zero-order valence-corrected chi connectivity index (χ0v) is 18.6. The van der Waals surface area contributed by atoms with Gasteiger partial charge in [-0.15, -0.1) is 5.10 Å². The molecule has 180 valence electrons. The molecule has 1 unspecified atom stereocenters. The van der Waals surface area contributed by atoms with Crippen molar-refractivity contribution in [3.05, 3.63) is 40.1 Å². The van der Waals surface area contributed by atoms with Gasteiger partial charge in [-0.2, -0.15) is 13.2 Å². The Labute approximate surface area is 196 Å². The normalized spacial score (nSPS) is 19.7. The number of alkyl halides is 3. The van der Waals surface area contributed by atoms with E-state index >= 15 is 0 Å². The molecular weight excluding hydrogens is 488 g/mol. The molecule has 1 atom stereocenters. The van der Waals surface area contributed by atoms with Crippen LogP contribution in [-0.2, 0) is 16.1 Å². The first-order valence-corrected chi connectivity index (χ1v) is 10.7. The molecule has 2 saturated heterocycles. The van der Waals surface area contributed by atoms with E-state index in [1.807, 2.05) is 12.3 Å². The van der Waals surface area contributed by atoms with Crippen LogP contribution in [0, 0.1) is 5.41 Å². The van der Waals surface area contributed by atoms with Gasteiger partial charge < -0.3 is 15.7 Å². The number of hydrogen-bond donors (Lipinski definition) is 4. The summed E-state index contributed by atoms with van der Waals surface area (Å²) in [7, 11) is 0. The molecule has 0 radical (unpaired) electrons. The Morgan fingerprint density at radius 3 is 2.55 bits per heavy atom. The average molecular weight is 509 g/mol. The number of carbonyl (C=O) groups excluding carboxylic acids is 1. The van der Waals surface area contributed by atoms with Crippen molar-refractivity contribution in [3.63, 3.8) is 0 Å². The van der Waals surface area contributed by atoms with Crippen molar-refractivity contribution in [3.8, 4) is 5.69 Å². The lowest BCUT2D eigenvalue weighted by molar-refractivity contribution is -0.192. The molecule has 1 spiro atoms. The summed E-state index contributed by atoms with van der Waals surface area (Å²) in [6.45, 7) is 3.11. The number of carbonyl (C=O) groups is 2. The maximum Gasteiger partial charge on any atom is 0.490 e. The molecule has 2 aliphatic heterocycles. The van der Waals surface area contributed by atoms with Crippen molar-refractivity contribution in [1.82, 2.24) is 30.9 Å². The number of nitrogens with zero attached hydrogens (tertiary/aromatic N) is 3. The van der Waals surface area contributed by atoms with Gasteiger partial charge in [0, 0.05) is 18.5 Å². The lowest BCUT2D eigenvalue weighted by Gasteiger charge is -2.37. The molecular formula is C19H21Cl2F3N6O3. The highest BCUT2D eigenvalue weighted by molar-refractivity contribution is 6.42. The molecule has 33 heavy (non-hydrogen) atoms. The van der Waals surface area contributed by atoms with Crippen LogP contribution in [-0.4, -0.2) is 63.8 Å². The van der Waals surface area contributed by atoms with Crippen molar-refractivity contribution >= 4 is 35.1 Å². The summed E-state index contributed by atoms with van der Waals surface area (Å²) in [4.78, 5) is 21.2. The minimum atomic E-state index is -5.08. The molecule has 1 aromatic heterocycles. The van der Waals surface area contributed by atoms with Gasteiger partial charge in [-0.25, -0.2) is 9.48 Å². The molecule has 4 rings (SSSR count). The number of nitrogens with one attached hydrogen (secondary N) is 3. The summed E-state index contributed by atoms with van der Waals surface area (Å²) in [6.07, 6.45) is -1.28. The quantitative estimate of drug-likeness (QED) is 0.499.